The number of guanidine groups is 1. The van der Waals surface area contributed by atoms with Crippen molar-refractivity contribution < 1.29 is 35.3 Å². The van der Waals surface area contributed by atoms with E-state index in [1.165, 1.54) is 50.6 Å². The minimum Gasteiger partial charge on any atom is -0.497 e. The van der Waals surface area contributed by atoms with Crippen LogP contribution in [0.15, 0.2) is 81.7 Å². The van der Waals surface area contributed by atoms with Crippen molar-refractivity contribution in [1.82, 2.24) is 0 Å². The number of anilines is 1. The number of rotatable bonds is 13. The van der Waals surface area contributed by atoms with Gasteiger partial charge in [0, 0.05) is 19.5 Å². The quantitative estimate of drug-likeness (QED) is 0.101. The highest BCUT2D eigenvalue weighted by atomic mass is 32.2. The van der Waals surface area contributed by atoms with Crippen LogP contribution >= 0.6 is 0 Å². The minimum absolute atomic E-state index is 0.0440. The van der Waals surface area contributed by atoms with Crippen LogP contribution in [0.2, 0.25) is 0 Å². The molecular formula is C25H30N4O8S2. The number of aryl methyl sites for hydroxylation is 1. The van der Waals surface area contributed by atoms with Crippen LogP contribution < -0.4 is 29.4 Å². The van der Waals surface area contributed by atoms with Gasteiger partial charge in [-0.1, -0.05) is 12.1 Å². The van der Waals surface area contributed by atoms with Crippen molar-refractivity contribution in [2.75, 3.05) is 31.7 Å². The van der Waals surface area contributed by atoms with Crippen LogP contribution in [-0.2, 0) is 25.0 Å². The zero-order valence-corrected chi connectivity index (χ0v) is 23.2. The minimum atomic E-state index is -4.57. The first-order chi connectivity index (χ1) is 18.4. The predicted molar refractivity (Wildman–Crippen MR) is 146 cm³/mol. The molecule has 210 valence electrons. The fourth-order valence-electron chi connectivity index (χ4n) is 3.40. The number of hydrogen-bond acceptors (Lipinski definition) is 9. The lowest BCUT2D eigenvalue weighted by atomic mass is 10.2. The molecule has 0 aromatic heterocycles. The van der Waals surface area contributed by atoms with E-state index in [9.17, 15) is 16.8 Å². The summed E-state index contributed by atoms with van der Waals surface area (Å²) in [6.45, 7) is 2.17. The van der Waals surface area contributed by atoms with Gasteiger partial charge in [-0.05, 0) is 66.2 Å². The normalized spacial score (nSPS) is 11.4. The van der Waals surface area contributed by atoms with Gasteiger partial charge in [0.05, 0.1) is 19.4 Å². The molecule has 0 bridgehead atoms. The fourth-order valence-corrected chi connectivity index (χ4v) is 6.29. The van der Waals surface area contributed by atoms with Crippen LogP contribution in [0.5, 0.6) is 17.2 Å². The Kier molecular flexibility index (Phi) is 9.48. The van der Waals surface area contributed by atoms with Gasteiger partial charge < -0.3 is 30.0 Å². The second-order valence-corrected chi connectivity index (χ2v) is 11.6. The summed E-state index contributed by atoms with van der Waals surface area (Å²) < 4.78 is 70.7. The van der Waals surface area contributed by atoms with Crippen molar-refractivity contribution >= 4 is 31.8 Å². The number of hydrogen-bond donors (Lipinski definition) is 2. The number of nitrogens with zero attached hydrogens (tertiary/aromatic N) is 2. The molecule has 3 rings (SSSR count). The maximum atomic E-state index is 13.5. The molecule has 0 saturated carbocycles. The highest BCUT2D eigenvalue weighted by Gasteiger charge is 2.31. The lowest BCUT2D eigenvalue weighted by Gasteiger charge is -2.21. The molecule has 0 amide bonds. The maximum absolute atomic E-state index is 13.5. The maximum Gasteiger partial charge on any atom is 0.340 e. The smallest absolute Gasteiger partial charge is 0.340 e. The van der Waals surface area contributed by atoms with Crippen LogP contribution in [-0.4, -0.2) is 50.2 Å². The Morgan fingerprint density at radius 2 is 1.51 bits per heavy atom. The average Bonchev–Trinajstić information content (AvgIpc) is 2.89. The Balaban J connectivity index is 1.82. The molecule has 0 fully saturated rings. The molecule has 3 aromatic rings. The molecule has 0 aliphatic carbocycles. The van der Waals surface area contributed by atoms with E-state index < -0.39 is 29.9 Å². The Bertz CT molecular complexity index is 1520. The summed E-state index contributed by atoms with van der Waals surface area (Å²) in [4.78, 5) is 3.94. The molecule has 0 unspecified atom stereocenters. The van der Waals surface area contributed by atoms with Crippen LogP contribution in [0.1, 0.15) is 12.0 Å². The van der Waals surface area contributed by atoms with Crippen molar-refractivity contribution in [3.8, 4) is 17.2 Å². The Labute approximate surface area is 227 Å². The SMILES string of the molecule is COc1ccc(N(C)S(=O)(=O)c2ccccc2S(=O)(=O)Oc2cc(C)cc(OCCCON=C(N)N)c2)cc1. The number of nitrogens with two attached hydrogens (primary N) is 2. The van der Waals surface area contributed by atoms with Gasteiger partial charge in [0.15, 0.2) is 0 Å². The number of methoxy groups -OCH3 is 1. The van der Waals surface area contributed by atoms with Crippen molar-refractivity contribution in [1.29, 1.82) is 0 Å². The van der Waals surface area contributed by atoms with Crippen LogP contribution in [0.3, 0.4) is 0 Å². The Morgan fingerprint density at radius 1 is 0.872 bits per heavy atom. The van der Waals surface area contributed by atoms with Gasteiger partial charge in [-0.25, -0.2) is 8.42 Å². The lowest BCUT2D eigenvalue weighted by molar-refractivity contribution is 0.127. The molecule has 0 radical (unpaired) electrons. The summed E-state index contributed by atoms with van der Waals surface area (Å²) in [6.07, 6.45) is 0.451. The molecule has 0 aliphatic rings. The summed E-state index contributed by atoms with van der Waals surface area (Å²) >= 11 is 0. The topological polar surface area (TPSA) is 173 Å². The van der Waals surface area contributed by atoms with Gasteiger partial charge in [0.1, 0.15) is 33.6 Å². The Morgan fingerprint density at radius 3 is 2.15 bits per heavy atom. The zero-order chi connectivity index (χ0) is 28.6. The van der Waals surface area contributed by atoms with E-state index in [0.717, 1.165) is 4.31 Å². The van der Waals surface area contributed by atoms with Gasteiger partial charge in [0.25, 0.3) is 10.0 Å². The molecule has 39 heavy (non-hydrogen) atoms. The van der Waals surface area contributed by atoms with E-state index in [1.54, 1.807) is 37.3 Å². The largest absolute Gasteiger partial charge is 0.497 e. The third kappa shape index (κ3) is 7.67. The molecule has 14 heteroatoms. The van der Waals surface area contributed by atoms with Gasteiger partial charge in [-0.2, -0.15) is 8.42 Å². The van der Waals surface area contributed by atoms with Crippen LogP contribution in [0, 0.1) is 6.92 Å². The molecule has 0 atom stereocenters. The van der Waals surface area contributed by atoms with E-state index in [-0.39, 0.29) is 24.9 Å². The van der Waals surface area contributed by atoms with Crippen molar-refractivity contribution in [2.45, 2.75) is 23.1 Å². The summed E-state index contributed by atoms with van der Waals surface area (Å²) in [5.41, 5.74) is 11.3. The summed E-state index contributed by atoms with van der Waals surface area (Å²) in [5, 5.41) is 3.40. The third-order valence-corrected chi connectivity index (χ3v) is 8.52. The number of sulfonamides is 1. The summed E-state index contributed by atoms with van der Waals surface area (Å²) in [5.74, 6) is 0.653. The van der Waals surface area contributed by atoms with E-state index in [0.29, 0.717) is 29.2 Å². The molecular weight excluding hydrogens is 548 g/mol. The molecule has 3 aromatic carbocycles. The standard InChI is InChI=1S/C25H30N4O8S2/c1-18-15-21(35-13-6-14-36-28-25(26)27)17-22(16-18)37-39(32,33)24-8-5-4-7-23(24)38(30,31)29(2)19-9-11-20(34-3)12-10-19/h4-5,7-12,15-17H,6,13-14H2,1-3H3,(H4,26,27,28). The van der Waals surface area contributed by atoms with Crippen molar-refractivity contribution in [3.05, 3.63) is 72.3 Å². The van der Waals surface area contributed by atoms with Crippen molar-refractivity contribution in [2.24, 2.45) is 16.6 Å². The van der Waals surface area contributed by atoms with Crippen LogP contribution in [0.4, 0.5) is 5.69 Å². The van der Waals surface area contributed by atoms with Gasteiger partial charge in [-0.3, -0.25) is 4.31 Å². The third-order valence-electron chi connectivity index (χ3n) is 5.24. The highest BCUT2D eigenvalue weighted by molar-refractivity contribution is 7.94. The fraction of sp³-hybridized carbons (Fsp3) is 0.240. The van der Waals surface area contributed by atoms with E-state index in [1.807, 2.05) is 0 Å². The highest BCUT2D eigenvalue weighted by Crippen LogP contribution is 2.31. The second-order valence-electron chi connectivity index (χ2n) is 8.19. The predicted octanol–water partition coefficient (Wildman–Crippen LogP) is 2.57. The zero-order valence-electron chi connectivity index (χ0n) is 21.6. The van der Waals surface area contributed by atoms with Gasteiger partial charge in [-0.15, -0.1) is 0 Å². The van der Waals surface area contributed by atoms with E-state index >= 15 is 0 Å². The summed E-state index contributed by atoms with van der Waals surface area (Å²) in [6, 6.07) is 16.1. The monoisotopic (exact) mass is 578 g/mol. The van der Waals surface area contributed by atoms with Crippen LogP contribution in [0.25, 0.3) is 0 Å². The first-order valence-corrected chi connectivity index (χ1v) is 14.4. The molecule has 0 saturated heterocycles. The van der Waals surface area contributed by atoms with E-state index in [2.05, 4.69) is 5.16 Å². The van der Waals surface area contributed by atoms with Gasteiger partial charge in [0.2, 0.25) is 5.96 Å². The first-order valence-electron chi connectivity index (χ1n) is 11.6. The lowest BCUT2D eigenvalue weighted by Crippen LogP contribution is -2.28. The second kappa shape index (κ2) is 12.6. The number of ether oxygens (including phenoxy) is 2. The number of oxime groups is 1. The summed E-state index contributed by atoms with van der Waals surface area (Å²) in [7, 11) is -6.04. The molecule has 4 N–H and O–H groups in total. The van der Waals surface area contributed by atoms with Crippen molar-refractivity contribution in [3.63, 3.8) is 0 Å². The molecule has 0 heterocycles. The Hall–Kier alpha value is -4.17. The van der Waals surface area contributed by atoms with E-state index in [4.69, 9.17) is 30.0 Å². The average molecular weight is 579 g/mol. The molecule has 0 spiro atoms. The number of benzene rings is 3. The first kappa shape index (κ1) is 29.4. The molecule has 12 nitrogen and oxygen atoms in total. The van der Waals surface area contributed by atoms with Gasteiger partial charge >= 0.3 is 10.1 Å². The molecule has 0 aliphatic heterocycles.